The Morgan fingerprint density at radius 3 is 3.00 bits per heavy atom. The molecule has 0 aromatic heterocycles. The third kappa shape index (κ3) is 1.87. The van der Waals surface area contributed by atoms with Crippen molar-refractivity contribution in [2.45, 2.75) is 32.6 Å². The van der Waals surface area contributed by atoms with Crippen LogP contribution < -0.4 is 5.32 Å². The second-order valence-electron chi connectivity index (χ2n) is 5.09. The van der Waals surface area contributed by atoms with Gasteiger partial charge in [0.25, 0.3) is 0 Å². The van der Waals surface area contributed by atoms with E-state index in [4.69, 9.17) is 0 Å². The van der Waals surface area contributed by atoms with E-state index < -0.39 is 0 Å². The Morgan fingerprint density at radius 2 is 2.19 bits per heavy atom. The van der Waals surface area contributed by atoms with Gasteiger partial charge in [0.1, 0.15) is 0 Å². The minimum atomic E-state index is 0.935. The largest absolute Gasteiger partial charge is 0.384 e. The van der Waals surface area contributed by atoms with Crippen LogP contribution in [0, 0.1) is 12.8 Å². The average molecular weight is 213 g/mol. The zero-order valence-corrected chi connectivity index (χ0v) is 9.92. The van der Waals surface area contributed by atoms with E-state index >= 15 is 0 Å². The van der Waals surface area contributed by atoms with Gasteiger partial charge in [-0.3, -0.25) is 0 Å². The van der Waals surface area contributed by atoms with Crippen molar-refractivity contribution in [1.82, 2.24) is 0 Å². The predicted molar refractivity (Wildman–Crippen MR) is 69.7 cm³/mol. The fourth-order valence-electron chi connectivity index (χ4n) is 2.46. The maximum Gasteiger partial charge on any atom is 0.0416 e. The first kappa shape index (κ1) is 9.95. The molecule has 2 aliphatic carbocycles. The lowest BCUT2D eigenvalue weighted by molar-refractivity contribution is 0.886. The van der Waals surface area contributed by atoms with Gasteiger partial charge in [-0.2, -0.15) is 0 Å². The van der Waals surface area contributed by atoms with Crippen LogP contribution in [0.2, 0.25) is 0 Å². The van der Waals surface area contributed by atoms with Gasteiger partial charge in [-0.05, 0) is 55.7 Å². The van der Waals surface area contributed by atoms with E-state index in [1.807, 2.05) is 0 Å². The minimum Gasteiger partial charge on any atom is -0.384 e. The average Bonchev–Trinajstić information content (AvgIpc) is 3.13. The van der Waals surface area contributed by atoms with Crippen LogP contribution in [0.5, 0.6) is 0 Å². The Bertz CT molecular complexity index is 427. The summed E-state index contributed by atoms with van der Waals surface area (Å²) in [6, 6.07) is 4.50. The molecule has 3 rings (SSSR count). The Kier molecular flexibility index (Phi) is 2.47. The lowest BCUT2D eigenvalue weighted by Gasteiger charge is -2.18. The molecule has 2 aliphatic rings. The third-order valence-electron chi connectivity index (χ3n) is 3.71. The first-order valence-corrected chi connectivity index (χ1v) is 6.37. The molecule has 0 spiro atoms. The molecule has 1 fully saturated rings. The maximum absolute atomic E-state index is 3.61. The highest BCUT2D eigenvalue weighted by Gasteiger charge is 2.21. The predicted octanol–water partition coefficient (Wildman–Crippen LogP) is 3.78. The molecule has 1 aromatic rings. The van der Waals surface area contributed by atoms with E-state index in [1.165, 1.54) is 42.5 Å². The van der Waals surface area contributed by atoms with Crippen LogP contribution in [-0.4, -0.2) is 6.54 Å². The number of aryl methyl sites for hydroxylation is 1. The molecule has 1 N–H and O–H groups in total. The smallest absolute Gasteiger partial charge is 0.0416 e. The Balaban J connectivity index is 1.89. The minimum absolute atomic E-state index is 0.935. The fourth-order valence-corrected chi connectivity index (χ4v) is 2.46. The molecule has 16 heavy (non-hydrogen) atoms. The van der Waals surface area contributed by atoms with Crippen LogP contribution >= 0.6 is 0 Å². The zero-order chi connectivity index (χ0) is 11.0. The van der Waals surface area contributed by atoms with Crippen molar-refractivity contribution in [2.24, 2.45) is 5.92 Å². The standard InChI is InChI=1S/C15H19N/c1-11-6-9-15(16-10-12-7-8-12)14-5-3-2-4-13(11)14/h3,5-6,9,12,16H,2,4,7-8,10H2,1H3. The summed E-state index contributed by atoms with van der Waals surface area (Å²) in [5.74, 6) is 0.935. The van der Waals surface area contributed by atoms with E-state index in [-0.39, 0.29) is 0 Å². The molecule has 1 aromatic carbocycles. The molecule has 0 aliphatic heterocycles. The van der Waals surface area contributed by atoms with Crippen molar-refractivity contribution in [1.29, 1.82) is 0 Å². The van der Waals surface area contributed by atoms with Crippen LogP contribution in [0.1, 0.15) is 36.0 Å². The van der Waals surface area contributed by atoms with Gasteiger partial charge in [0.2, 0.25) is 0 Å². The zero-order valence-electron chi connectivity index (χ0n) is 9.92. The van der Waals surface area contributed by atoms with Crippen molar-refractivity contribution < 1.29 is 0 Å². The Hall–Kier alpha value is -1.24. The molecule has 0 atom stereocenters. The highest BCUT2D eigenvalue weighted by Crippen LogP contribution is 2.32. The summed E-state index contributed by atoms with van der Waals surface area (Å²) in [5.41, 5.74) is 5.76. The third-order valence-corrected chi connectivity index (χ3v) is 3.71. The molecule has 0 heterocycles. The molecule has 1 saturated carbocycles. The van der Waals surface area contributed by atoms with Crippen molar-refractivity contribution in [3.63, 3.8) is 0 Å². The summed E-state index contributed by atoms with van der Waals surface area (Å²) in [7, 11) is 0. The summed E-state index contributed by atoms with van der Waals surface area (Å²) in [5, 5.41) is 3.61. The first-order valence-electron chi connectivity index (χ1n) is 6.37. The Labute approximate surface area is 97.6 Å². The van der Waals surface area contributed by atoms with Gasteiger partial charge in [-0.15, -0.1) is 0 Å². The van der Waals surface area contributed by atoms with Crippen LogP contribution in [0.3, 0.4) is 0 Å². The van der Waals surface area contributed by atoms with E-state index in [1.54, 1.807) is 5.56 Å². The van der Waals surface area contributed by atoms with E-state index in [9.17, 15) is 0 Å². The summed E-state index contributed by atoms with van der Waals surface area (Å²) in [6.45, 7) is 3.38. The molecule has 0 bridgehead atoms. The topological polar surface area (TPSA) is 12.0 Å². The van der Waals surface area contributed by atoms with Crippen LogP contribution in [0.15, 0.2) is 18.2 Å². The number of benzene rings is 1. The second-order valence-corrected chi connectivity index (χ2v) is 5.09. The van der Waals surface area contributed by atoms with E-state index in [0.29, 0.717) is 0 Å². The highest BCUT2D eigenvalue weighted by molar-refractivity contribution is 5.72. The highest BCUT2D eigenvalue weighted by atomic mass is 14.9. The van der Waals surface area contributed by atoms with Crippen molar-refractivity contribution >= 4 is 11.8 Å². The van der Waals surface area contributed by atoms with Gasteiger partial charge in [-0.1, -0.05) is 18.2 Å². The molecule has 1 heteroatoms. The molecule has 0 radical (unpaired) electrons. The fraction of sp³-hybridized carbons (Fsp3) is 0.467. The lowest BCUT2D eigenvalue weighted by atomic mass is 9.92. The van der Waals surface area contributed by atoms with Gasteiger partial charge in [-0.25, -0.2) is 0 Å². The Morgan fingerprint density at radius 1 is 1.31 bits per heavy atom. The number of anilines is 1. The monoisotopic (exact) mass is 213 g/mol. The number of hydrogen-bond acceptors (Lipinski definition) is 1. The van der Waals surface area contributed by atoms with Gasteiger partial charge in [0, 0.05) is 17.8 Å². The molecule has 84 valence electrons. The van der Waals surface area contributed by atoms with Crippen LogP contribution in [0.4, 0.5) is 5.69 Å². The summed E-state index contributed by atoms with van der Waals surface area (Å²) in [4.78, 5) is 0. The number of allylic oxidation sites excluding steroid dienone is 1. The first-order chi connectivity index (χ1) is 7.84. The van der Waals surface area contributed by atoms with Crippen molar-refractivity contribution in [3.8, 4) is 0 Å². The van der Waals surface area contributed by atoms with Crippen molar-refractivity contribution in [3.05, 3.63) is 34.9 Å². The number of nitrogens with one attached hydrogen (secondary N) is 1. The quantitative estimate of drug-likeness (QED) is 0.805. The summed E-state index contributed by atoms with van der Waals surface area (Å²) < 4.78 is 0. The van der Waals surface area contributed by atoms with E-state index in [0.717, 1.165) is 12.5 Å². The maximum atomic E-state index is 3.61. The number of hydrogen-bond donors (Lipinski definition) is 1. The molecule has 0 unspecified atom stereocenters. The second kappa shape index (κ2) is 3.97. The van der Waals surface area contributed by atoms with Gasteiger partial charge in [0.05, 0.1) is 0 Å². The number of rotatable bonds is 3. The lowest BCUT2D eigenvalue weighted by Crippen LogP contribution is -2.08. The van der Waals surface area contributed by atoms with Crippen molar-refractivity contribution in [2.75, 3.05) is 11.9 Å². The molecule has 1 nitrogen and oxygen atoms in total. The molecular formula is C15H19N. The molecule has 0 saturated heterocycles. The van der Waals surface area contributed by atoms with Gasteiger partial charge >= 0.3 is 0 Å². The van der Waals surface area contributed by atoms with Crippen LogP contribution in [-0.2, 0) is 6.42 Å². The molecule has 0 amide bonds. The van der Waals surface area contributed by atoms with Crippen LogP contribution in [0.25, 0.3) is 6.08 Å². The SMILES string of the molecule is Cc1ccc(NCC2CC2)c2c1CCC=C2. The van der Waals surface area contributed by atoms with Gasteiger partial charge in [0.15, 0.2) is 0 Å². The summed E-state index contributed by atoms with van der Waals surface area (Å²) >= 11 is 0. The molecular weight excluding hydrogens is 194 g/mol. The summed E-state index contributed by atoms with van der Waals surface area (Å²) in [6.07, 6.45) is 9.81. The van der Waals surface area contributed by atoms with E-state index in [2.05, 4.69) is 36.5 Å². The van der Waals surface area contributed by atoms with Gasteiger partial charge < -0.3 is 5.32 Å². The number of fused-ring (bicyclic) bond motifs is 1. The normalized spacial score (nSPS) is 18.3.